The standard InChI is InChI=1S/C11H7NO3/c1-14-9-5-7(13)6-3-2-4-8-10(6)11(9)12-15-8/h2-5H,1H3. The van der Waals surface area contributed by atoms with Crippen LogP contribution in [0.3, 0.4) is 0 Å². The molecule has 0 aliphatic heterocycles. The number of allylic oxidation sites excluding steroid dienone is 1. The minimum absolute atomic E-state index is 0.0758. The molecule has 0 radical (unpaired) electrons. The molecule has 15 heavy (non-hydrogen) atoms. The summed E-state index contributed by atoms with van der Waals surface area (Å²) in [4.78, 5) is 11.7. The Hall–Kier alpha value is -2.10. The Bertz CT molecular complexity index is 595. The largest absolute Gasteiger partial charge is 0.494 e. The Kier molecular flexibility index (Phi) is 1.48. The topological polar surface area (TPSA) is 52.3 Å². The second kappa shape index (κ2) is 2.70. The lowest BCUT2D eigenvalue weighted by molar-refractivity contribution is 0.104. The van der Waals surface area contributed by atoms with Gasteiger partial charge in [0.15, 0.2) is 22.8 Å². The van der Waals surface area contributed by atoms with Crippen LogP contribution in [-0.4, -0.2) is 18.0 Å². The number of aromatic nitrogens is 1. The van der Waals surface area contributed by atoms with Gasteiger partial charge in [-0.05, 0) is 6.07 Å². The minimum Gasteiger partial charge on any atom is -0.494 e. The van der Waals surface area contributed by atoms with Crippen LogP contribution in [0.2, 0.25) is 0 Å². The molecule has 0 fully saturated rings. The predicted octanol–water partition coefficient (Wildman–Crippen LogP) is 2.01. The minimum atomic E-state index is -0.0758. The molecular weight excluding hydrogens is 194 g/mol. The van der Waals surface area contributed by atoms with E-state index in [1.807, 2.05) is 0 Å². The van der Waals surface area contributed by atoms with E-state index in [-0.39, 0.29) is 5.78 Å². The fraction of sp³-hybridized carbons (Fsp3) is 0.0909. The zero-order valence-electron chi connectivity index (χ0n) is 7.98. The quantitative estimate of drug-likeness (QED) is 0.708. The fourth-order valence-corrected chi connectivity index (χ4v) is 1.79. The molecule has 0 atom stereocenters. The third kappa shape index (κ3) is 0.958. The number of methoxy groups -OCH3 is 1. The van der Waals surface area contributed by atoms with E-state index in [1.165, 1.54) is 13.2 Å². The van der Waals surface area contributed by atoms with E-state index in [1.54, 1.807) is 18.2 Å². The van der Waals surface area contributed by atoms with Gasteiger partial charge >= 0.3 is 0 Å². The molecule has 0 saturated heterocycles. The number of ketones is 1. The lowest BCUT2D eigenvalue weighted by Gasteiger charge is -2.09. The van der Waals surface area contributed by atoms with Gasteiger partial charge in [-0.25, -0.2) is 0 Å². The zero-order valence-corrected chi connectivity index (χ0v) is 7.98. The van der Waals surface area contributed by atoms with Crippen molar-refractivity contribution in [1.29, 1.82) is 0 Å². The van der Waals surface area contributed by atoms with Crippen molar-refractivity contribution in [1.82, 2.24) is 5.16 Å². The Morgan fingerprint density at radius 3 is 3.07 bits per heavy atom. The van der Waals surface area contributed by atoms with E-state index in [4.69, 9.17) is 9.26 Å². The number of rotatable bonds is 1. The van der Waals surface area contributed by atoms with Crippen LogP contribution in [0.15, 0.2) is 28.8 Å². The lowest BCUT2D eigenvalue weighted by Crippen LogP contribution is -2.04. The van der Waals surface area contributed by atoms with Crippen LogP contribution in [0.25, 0.3) is 16.7 Å². The highest BCUT2D eigenvalue weighted by molar-refractivity contribution is 6.19. The summed E-state index contributed by atoms with van der Waals surface area (Å²) >= 11 is 0. The third-order valence-electron chi connectivity index (χ3n) is 2.48. The van der Waals surface area contributed by atoms with Gasteiger partial charge in [0, 0.05) is 11.6 Å². The van der Waals surface area contributed by atoms with Crippen molar-refractivity contribution < 1.29 is 14.1 Å². The Labute approximate surface area is 85.1 Å². The van der Waals surface area contributed by atoms with Gasteiger partial charge in [0.2, 0.25) is 0 Å². The number of nitrogens with zero attached hydrogens (tertiary/aromatic N) is 1. The average Bonchev–Trinajstić information content (AvgIpc) is 2.68. The Morgan fingerprint density at radius 1 is 1.40 bits per heavy atom. The van der Waals surface area contributed by atoms with Crippen molar-refractivity contribution in [2.75, 3.05) is 7.11 Å². The van der Waals surface area contributed by atoms with Gasteiger partial charge in [0.1, 0.15) is 0 Å². The molecule has 0 bridgehead atoms. The van der Waals surface area contributed by atoms with Gasteiger partial charge in [-0.3, -0.25) is 4.79 Å². The maximum absolute atomic E-state index is 11.7. The SMILES string of the molecule is COC1=CC(=O)c2cccc3onc1c23. The molecule has 0 saturated carbocycles. The molecule has 0 spiro atoms. The fourth-order valence-electron chi connectivity index (χ4n) is 1.79. The number of carbonyl (C=O) groups excluding carboxylic acids is 1. The Balaban J connectivity index is 2.46. The highest BCUT2D eigenvalue weighted by atomic mass is 16.5. The van der Waals surface area contributed by atoms with Gasteiger partial charge < -0.3 is 9.26 Å². The molecule has 1 aliphatic carbocycles. The number of ether oxygens (including phenoxy) is 1. The van der Waals surface area contributed by atoms with Crippen LogP contribution in [0.4, 0.5) is 0 Å². The number of carbonyl (C=O) groups is 1. The van der Waals surface area contributed by atoms with Gasteiger partial charge in [0.25, 0.3) is 0 Å². The van der Waals surface area contributed by atoms with Crippen LogP contribution in [0, 0.1) is 0 Å². The molecule has 1 heterocycles. The highest BCUT2D eigenvalue weighted by Gasteiger charge is 2.24. The third-order valence-corrected chi connectivity index (χ3v) is 2.48. The first-order chi connectivity index (χ1) is 7.31. The monoisotopic (exact) mass is 201 g/mol. The number of hydrogen-bond acceptors (Lipinski definition) is 4. The van der Waals surface area contributed by atoms with E-state index >= 15 is 0 Å². The lowest BCUT2D eigenvalue weighted by atomic mass is 9.98. The molecule has 1 aromatic carbocycles. The van der Waals surface area contributed by atoms with E-state index in [0.29, 0.717) is 22.6 Å². The summed E-state index contributed by atoms with van der Waals surface area (Å²) in [6.45, 7) is 0. The molecule has 4 nitrogen and oxygen atoms in total. The van der Waals surface area contributed by atoms with Crippen molar-refractivity contribution in [2.45, 2.75) is 0 Å². The molecule has 4 heteroatoms. The van der Waals surface area contributed by atoms with Crippen LogP contribution in [0.1, 0.15) is 16.1 Å². The zero-order chi connectivity index (χ0) is 10.4. The van der Waals surface area contributed by atoms with Crippen LogP contribution < -0.4 is 0 Å². The first kappa shape index (κ1) is 8.23. The maximum atomic E-state index is 11.7. The molecular formula is C11H7NO3. The average molecular weight is 201 g/mol. The van der Waals surface area contributed by atoms with Gasteiger partial charge in [0.05, 0.1) is 12.5 Å². The summed E-state index contributed by atoms with van der Waals surface area (Å²) in [6.07, 6.45) is 1.43. The first-order valence-electron chi connectivity index (χ1n) is 4.50. The maximum Gasteiger partial charge on any atom is 0.190 e. The smallest absolute Gasteiger partial charge is 0.190 e. The second-order valence-electron chi connectivity index (χ2n) is 3.29. The van der Waals surface area contributed by atoms with E-state index in [9.17, 15) is 4.79 Å². The van der Waals surface area contributed by atoms with Gasteiger partial charge in [-0.15, -0.1) is 0 Å². The van der Waals surface area contributed by atoms with Crippen molar-refractivity contribution >= 4 is 22.5 Å². The molecule has 2 aromatic rings. The first-order valence-corrected chi connectivity index (χ1v) is 4.50. The highest BCUT2D eigenvalue weighted by Crippen LogP contribution is 2.32. The molecule has 1 aromatic heterocycles. The summed E-state index contributed by atoms with van der Waals surface area (Å²) in [5.41, 5.74) is 1.82. The van der Waals surface area contributed by atoms with E-state index in [2.05, 4.69) is 5.16 Å². The summed E-state index contributed by atoms with van der Waals surface area (Å²) in [6, 6.07) is 5.31. The van der Waals surface area contributed by atoms with E-state index in [0.717, 1.165) is 5.39 Å². The van der Waals surface area contributed by atoms with Crippen molar-refractivity contribution in [3.8, 4) is 0 Å². The molecule has 74 valence electrons. The predicted molar refractivity (Wildman–Crippen MR) is 53.3 cm³/mol. The number of benzene rings is 1. The van der Waals surface area contributed by atoms with Crippen LogP contribution >= 0.6 is 0 Å². The van der Waals surface area contributed by atoms with E-state index < -0.39 is 0 Å². The molecule has 0 N–H and O–H groups in total. The van der Waals surface area contributed by atoms with Gasteiger partial charge in [-0.1, -0.05) is 17.3 Å². The summed E-state index contributed by atoms with van der Waals surface area (Å²) < 4.78 is 10.2. The molecule has 1 aliphatic rings. The second-order valence-corrected chi connectivity index (χ2v) is 3.29. The van der Waals surface area contributed by atoms with Crippen molar-refractivity contribution in [3.05, 3.63) is 35.5 Å². The van der Waals surface area contributed by atoms with Crippen molar-refractivity contribution in [2.24, 2.45) is 0 Å². The number of hydrogen-bond donors (Lipinski definition) is 0. The molecule has 0 unspecified atom stereocenters. The molecule has 0 amide bonds. The van der Waals surface area contributed by atoms with Gasteiger partial charge in [-0.2, -0.15) is 0 Å². The summed E-state index contributed by atoms with van der Waals surface area (Å²) in [5, 5.41) is 4.63. The summed E-state index contributed by atoms with van der Waals surface area (Å²) in [7, 11) is 1.51. The van der Waals surface area contributed by atoms with Crippen LogP contribution in [0.5, 0.6) is 0 Å². The van der Waals surface area contributed by atoms with Crippen LogP contribution in [-0.2, 0) is 4.74 Å². The molecule has 3 rings (SSSR count). The Morgan fingerprint density at radius 2 is 2.27 bits per heavy atom. The normalized spacial score (nSPS) is 14.2. The van der Waals surface area contributed by atoms with Crippen molar-refractivity contribution in [3.63, 3.8) is 0 Å². The summed E-state index contributed by atoms with van der Waals surface area (Å²) in [5.74, 6) is 0.380.